The molecule has 10 nitrogen and oxygen atoms in total. The second-order valence-corrected chi connectivity index (χ2v) is 8.09. The van der Waals surface area contributed by atoms with Crippen molar-refractivity contribution in [2.45, 2.75) is 25.0 Å². The van der Waals surface area contributed by atoms with Crippen LogP contribution in [0, 0.1) is 0 Å². The van der Waals surface area contributed by atoms with E-state index in [0.29, 0.717) is 6.54 Å². The fourth-order valence-electron chi connectivity index (χ4n) is 3.39. The molecule has 3 heterocycles. The molecule has 0 saturated carbocycles. The highest BCUT2D eigenvalue weighted by Gasteiger charge is 2.32. The van der Waals surface area contributed by atoms with Gasteiger partial charge < -0.3 is 19.1 Å². The molecule has 2 unspecified atom stereocenters. The molecule has 1 aliphatic rings. The molecule has 0 aliphatic carbocycles. The number of benzene rings is 1. The van der Waals surface area contributed by atoms with E-state index in [-0.39, 0.29) is 22.0 Å². The maximum absolute atomic E-state index is 12.7. The highest BCUT2D eigenvalue weighted by Crippen LogP contribution is 2.30. The summed E-state index contributed by atoms with van der Waals surface area (Å²) in [7, 11) is 1.26. The minimum atomic E-state index is -4.85. The largest absolute Gasteiger partial charge is 0.573 e. The Labute approximate surface area is 195 Å². The molecule has 1 aromatic carbocycles. The van der Waals surface area contributed by atoms with Crippen LogP contribution in [0.5, 0.6) is 10.9 Å². The van der Waals surface area contributed by atoms with Crippen molar-refractivity contribution in [3.05, 3.63) is 48.2 Å². The summed E-state index contributed by atoms with van der Waals surface area (Å²) in [4.78, 5) is 14.7. The minimum Gasteiger partial charge on any atom is -0.464 e. The highest BCUT2D eigenvalue weighted by molar-refractivity contribution is 7.17. The summed E-state index contributed by atoms with van der Waals surface area (Å²) in [6.07, 6.45) is -3.83. The van der Waals surface area contributed by atoms with Gasteiger partial charge in [-0.1, -0.05) is 17.2 Å². The van der Waals surface area contributed by atoms with Gasteiger partial charge in [-0.15, -0.1) is 23.4 Å². The van der Waals surface area contributed by atoms with Crippen LogP contribution >= 0.6 is 11.3 Å². The van der Waals surface area contributed by atoms with Gasteiger partial charge in [0.15, 0.2) is 11.9 Å². The number of methoxy groups -OCH3 is 1. The third kappa shape index (κ3) is 6.08. The predicted molar refractivity (Wildman–Crippen MR) is 115 cm³/mol. The molecule has 0 spiro atoms. The number of hydrogen-bond acceptors (Lipinski definition) is 10. The topological polar surface area (TPSA) is 112 Å². The van der Waals surface area contributed by atoms with Crippen molar-refractivity contribution >= 4 is 28.2 Å². The van der Waals surface area contributed by atoms with E-state index >= 15 is 0 Å². The van der Waals surface area contributed by atoms with Crippen LogP contribution in [0.2, 0.25) is 0 Å². The predicted octanol–water partition coefficient (Wildman–Crippen LogP) is 3.21. The van der Waals surface area contributed by atoms with Crippen LogP contribution in [-0.4, -0.2) is 59.0 Å². The third-order valence-electron chi connectivity index (χ3n) is 4.80. The van der Waals surface area contributed by atoms with Gasteiger partial charge in [0.1, 0.15) is 11.9 Å². The maximum atomic E-state index is 12.7. The summed E-state index contributed by atoms with van der Waals surface area (Å²) in [5, 5.41) is 18.8. The lowest BCUT2D eigenvalue weighted by atomic mass is 10.1. The molecule has 14 heteroatoms. The molecule has 2 atom stereocenters. The first-order chi connectivity index (χ1) is 16.3. The Kier molecular flexibility index (Phi) is 7.07. The lowest BCUT2D eigenvalue weighted by molar-refractivity contribution is -0.274. The SMILES string of the molecule is COC(C(=O)Nc1nnc(OC2CCN(c3cccnn3)C2)s1)c1cccc(OC(F)(F)F)c1. The fraction of sp³-hybridized carbons (Fsp3) is 0.350. The van der Waals surface area contributed by atoms with E-state index in [1.165, 1.54) is 19.2 Å². The fourth-order valence-corrected chi connectivity index (χ4v) is 4.05. The average Bonchev–Trinajstić information content (AvgIpc) is 3.44. The van der Waals surface area contributed by atoms with Crippen molar-refractivity contribution in [2.75, 3.05) is 30.4 Å². The molecule has 2 aromatic heterocycles. The summed E-state index contributed by atoms with van der Waals surface area (Å²) < 4.78 is 52.4. The minimum absolute atomic E-state index is 0.137. The molecule has 1 saturated heterocycles. The van der Waals surface area contributed by atoms with Gasteiger partial charge in [-0.25, -0.2) is 0 Å². The van der Waals surface area contributed by atoms with Crippen LogP contribution < -0.4 is 19.7 Å². The number of amides is 1. The van der Waals surface area contributed by atoms with Crippen LogP contribution in [0.25, 0.3) is 0 Å². The first kappa shape index (κ1) is 23.6. The number of carbonyl (C=O) groups excluding carboxylic acids is 1. The Balaban J connectivity index is 1.35. The summed E-state index contributed by atoms with van der Waals surface area (Å²) in [5.41, 5.74) is 0.179. The molecular weight excluding hydrogens is 477 g/mol. The first-order valence-corrected chi connectivity index (χ1v) is 10.8. The van der Waals surface area contributed by atoms with Crippen molar-refractivity contribution in [1.82, 2.24) is 20.4 Å². The lowest BCUT2D eigenvalue weighted by Gasteiger charge is -2.16. The number of ether oxygens (including phenoxy) is 3. The van der Waals surface area contributed by atoms with Crippen LogP contribution in [0.1, 0.15) is 18.1 Å². The number of carbonyl (C=O) groups is 1. The summed E-state index contributed by atoms with van der Waals surface area (Å²) >= 11 is 1.03. The Bertz CT molecular complexity index is 1120. The maximum Gasteiger partial charge on any atom is 0.573 e. The number of anilines is 2. The Morgan fingerprint density at radius 2 is 2.09 bits per heavy atom. The Hall–Kier alpha value is -3.52. The van der Waals surface area contributed by atoms with E-state index < -0.39 is 24.1 Å². The zero-order valence-corrected chi connectivity index (χ0v) is 18.5. The number of nitrogens with zero attached hydrogens (tertiary/aromatic N) is 5. The van der Waals surface area contributed by atoms with Crippen molar-refractivity contribution in [3.8, 4) is 10.9 Å². The molecule has 180 valence electrons. The second-order valence-electron chi connectivity index (χ2n) is 7.15. The molecule has 0 bridgehead atoms. The zero-order valence-electron chi connectivity index (χ0n) is 17.7. The van der Waals surface area contributed by atoms with Gasteiger partial charge in [-0.2, -0.15) is 5.10 Å². The van der Waals surface area contributed by atoms with Crippen molar-refractivity contribution in [3.63, 3.8) is 0 Å². The van der Waals surface area contributed by atoms with Gasteiger partial charge >= 0.3 is 6.36 Å². The number of aromatic nitrogens is 4. The van der Waals surface area contributed by atoms with Gasteiger partial charge in [0, 0.05) is 26.3 Å². The van der Waals surface area contributed by atoms with Crippen molar-refractivity contribution < 1.29 is 32.2 Å². The number of nitrogens with one attached hydrogen (secondary N) is 1. The summed E-state index contributed by atoms with van der Waals surface area (Å²) in [5.74, 6) is -0.336. The number of rotatable bonds is 8. The molecule has 4 rings (SSSR count). The van der Waals surface area contributed by atoms with E-state index in [0.717, 1.165) is 42.3 Å². The molecule has 3 aromatic rings. The monoisotopic (exact) mass is 496 g/mol. The number of halogens is 3. The van der Waals surface area contributed by atoms with Gasteiger partial charge in [-0.05, 0) is 41.2 Å². The molecule has 1 N–H and O–H groups in total. The van der Waals surface area contributed by atoms with Crippen LogP contribution in [0.15, 0.2) is 42.6 Å². The van der Waals surface area contributed by atoms with E-state index in [4.69, 9.17) is 9.47 Å². The smallest absolute Gasteiger partial charge is 0.464 e. The van der Waals surface area contributed by atoms with E-state index in [1.54, 1.807) is 6.20 Å². The normalized spacial score (nSPS) is 16.8. The lowest BCUT2D eigenvalue weighted by Crippen LogP contribution is -2.25. The van der Waals surface area contributed by atoms with Gasteiger partial charge in [0.05, 0.1) is 6.54 Å². The average molecular weight is 496 g/mol. The van der Waals surface area contributed by atoms with E-state index in [2.05, 4.69) is 30.4 Å². The standard InChI is InChI=1S/C20H19F3N6O4S/c1-31-16(12-4-2-5-13(10-12)33-20(21,22)23)17(30)25-18-27-28-19(34-18)32-14-7-9-29(11-14)15-6-3-8-24-26-15/h2-6,8,10,14,16H,7,9,11H2,1H3,(H,25,27,30). The number of alkyl halides is 3. The molecule has 1 amide bonds. The van der Waals surface area contributed by atoms with Gasteiger partial charge in [-0.3, -0.25) is 10.1 Å². The quantitative estimate of drug-likeness (QED) is 0.502. The van der Waals surface area contributed by atoms with Gasteiger partial charge in [0.2, 0.25) is 5.13 Å². The second kappa shape index (κ2) is 10.2. The van der Waals surface area contributed by atoms with Gasteiger partial charge in [0.25, 0.3) is 11.1 Å². The molecule has 1 fully saturated rings. The summed E-state index contributed by atoms with van der Waals surface area (Å²) in [6, 6.07) is 8.67. The van der Waals surface area contributed by atoms with E-state index in [9.17, 15) is 18.0 Å². The Morgan fingerprint density at radius 1 is 1.24 bits per heavy atom. The zero-order chi connectivity index (χ0) is 24.1. The molecule has 34 heavy (non-hydrogen) atoms. The van der Waals surface area contributed by atoms with Crippen LogP contribution in [0.4, 0.5) is 24.1 Å². The molecular formula is C20H19F3N6O4S. The molecule has 1 aliphatic heterocycles. The molecule has 0 radical (unpaired) electrons. The highest BCUT2D eigenvalue weighted by atomic mass is 32.1. The summed E-state index contributed by atoms with van der Waals surface area (Å²) in [6.45, 7) is 1.35. The van der Waals surface area contributed by atoms with Crippen LogP contribution in [0.3, 0.4) is 0 Å². The van der Waals surface area contributed by atoms with Crippen molar-refractivity contribution in [2.24, 2.45) is 0 Å². The number of hydrogen-bond donors (Lipinski definition) is 1. The van der Waals surface area contributed by atoms with Crippen LogP contribution in [-0.2, 0) is 9.53 Å². The van der Waals surface area contributed by atoms with E-state index in [1.807, 2.05) is 17.0 Å². The Morgan fingerprint density at radius 3 is 2.82 bits per heavy atom. The first-order valence-electron chi connectivity index (χ1n) is 10.0. The third-order valence-corrected chi connectivity index (χ3v) is 5.53. The van der Waals surface area contributed by atoms with Crippen molar-refractivity contribution in [1.29, 1.82) is 0 Å².